The lowest BCUT2D eigenvalue weighted by molar-refractivity contribution is -0.274. The maximum atomic E-state index is 12.4. The maximum absolute atomic E-state index is 12.4. The zero-order valence-corrected chi connectivity index (χ0v) is 17.7. The summed E-state index contributed by atoms with van der Waals surface area (Å²) in [6, 6.07) is 6.75. The number of aryl methyl sites for hydroxylation is 1. The first-order valence-electron chi connectivity index (χ1n) is 8.68. The molecule has 0 aliphatic carbocycles. The number of hydrogen-bond acceptors (Lipinski definition) is 5. The van der Waals surface area contributed by atoms with Crippen molar-refractivity contribution in [3.8, 4) is 17.0 Å². The molecule has 0 atom stereocenters. The number of rotatable bonds is 7. The van der Waals surface area contributed by atoms with Crippen LogP contribution in [-0.2, 0) is 0 Å². The highest BCUT2D eigenvalue weighted by Gasteiger charge is 2.31. The summed E-state index contributed by atoms with van der Waals surface area (Å²) in [6.45, 7) is 9.46. The molecule has 3 aromatic rings. The molecular weight excluding hydrogens is 479 g/mol. The van der Waals surface area contributed by atoms with Crippen LogP contribution in [0.2, 0.25) is 0 Å². The Labute approximate surface area is 183 Å². The Bertz CT molecular complexity index is 1170. The third-order valence-electron chi connectivity index (χ3n) is 3.96. The minimum Gasteiger partial charge on any atom is -0.440 e. The van der Waals surface area contributed by atoms with Gasteiger partial charge in [0.1, 0.15) is 17.1 Å². The number of aldehydes is 1. The van der Waals surface area contributed by atoms with Crippen LogP contribution < -0.4 is 4.74 Å². The summed E-state index contributed by atoms with van der Waals surface area (Å²) in [4.78, 5) is 15.3. The van der Waals surface area contributed by atoms with E-state index < -0.39 is 6.36 Å². The average molecular weight is 494 g/mol. The molecule has 0 amide bonds. The van der Waals surface area contributed by atoms with Gasteiger partial charge in [-0.05, 0) is 36.4 Å². The van der Waals surface area contributed by atoms with Crippen LogP contribution in [0.5, 0.6) is 5.75 Å². The van der Waals surface area contributed by atoms with E-state index in [0.29, 0.717) is 44.9 Å². The zero-order chi connectivity index (χ0) is 22.8. The number of ether oxygens (including phenoxy) is 1. The summed E-state index contributed by atoms with van der Waals surface area (Å²) in [5.41, 5.74) is 1.90. The first kappa shape index (κ1) is 22.3. The fraction of sp³-hybridized carbons (Fsp3) is 0.0952. The molecule has 1 aromatic carbocycles. The van der Waals surface area contributed by atoms with E-state index in [4.69, 9.17) is 4.42 Å². The van der Waals surface area contributed by atoms with E-state index in [1.54, 1.807) is 19.2 Å². The monoisotopic (exact) mass is 493 g/mol. The van der Waals surface area contributed by atoms with Crippen LogP contribution in [0.4, 0.5) is 13.2 Å². The van der Waals surface area contributed by atoms with Crippen molar-refractivity contribution in [2.45, 2.75) is 13.3 Å². The van der Waals surface area contributed by atoms with Crippen LogP contribution in [-0.4, -0.2) is 27.4 Å². The van der Waals surface area contributed by atoms with Gasteiger partial charge in [-0.25, -0.2) is 9.67 Å². The number of carbonyl (C=O) groups excluding carboxylic acids is 1. The number of aromatic nitrogens is 3. The smallest absolute Gasteiger partial charge is 0.440 e. The number of halogens is 4. The van der Waals surface area contributed by atoms with Gasteiger partial charge in [0.05, 0.1) is 5.70 Å². The Morgan fingerprint density at radius 2 is 1.90 bits per heavy atom. The van der Waals surface area contributed by atoms with Crippen LogP contribution in [0, 0.1) is 6.92 Å². The predicted octanol–water partition coefficient (Wildman–Crippen LogP) is 6.02. The number of benzene rings is 1. The Morgan fingerprint density at radius 3 is 2.45 bits per heavy atom. The quantitative estimate of drug-likeness (QED) is 0.297. The Kier molecular flexibility index (Phi) is 6.30. The van der Waals surface area contributed by atoms with Gasteiger partial charge in [-0.3, -0.25) is 4.79 Å². The number of alkyl halides is 3. The summed E-state index contributed by atoms with van der Waals surface area (Å²) in [6.07, 6.45) is -0.991. The third-order valence-corrected chi connectivity index (χ3v) is 4.19. The predicted molar refractivity (Wildman–Crippen MR) is 112 cm³/mol. The molecule has 3 rings (SSSR count). The van der Waals surface area contributed by atoms with Crippen LogP contribution in [0.1, 0.15) is 22.1 Å². The molecule has 10 heteroatoms. The fourth-order valence-corrected chi connectivity index (χ4v) is 2.96. The highest BCUT2D eigenvalue weighted by molar-refractivity contribution is 9.11. The molecule has 0 radical (unpaired) electrons. The summed E-state index contributed by atoms with van der Waals surface area (Å²) in [7, 11) is 0. The van der Waals surface area contributed by atoms with E-state index in [2.05, 4.69) is 43.9 Å². The van der Waals surface area contributed by atoms with Crippen molar-refractivity contribution in [1.29, 1.82) is 0 Å². The Morgan fingerprint density at radius 1 is 1.23 bits per heavy atom. The van der Waals surface area contributed by atoms with Gasteiger partial charge >= 0.3 is 6.36 Å². The van der Waals surface area contributed by atoms with Crippen molar-refractivity contribution in [3.05, 3.63) is 77.6 Å². The van der Waals surface area contributed by atoms with E-state index in [9.17, 15) is 18.0 Å². The normalized spacial score (nSPS) is 12.0. The van der Waals surface area contributed by atoms with Crippen molar-refractivity contribution in [2.75, 3.05) is 0 Å². The van der Waals surface area contributed by atoms with Gasteiger partial charge in [-0.2, -0.15) is 5.10 Å². The van der Waals surface area contributed by atoms with Crippen LogP contribution in [0.15, 0.2) is 64.7 Å². The molecule has 0 aliphatic rings. The van der Waals surface area contributed by atoms with E-state index in [-0.39, 0.29) is 11.4 Å². The molecule has 0 spiro atoms. The molecule has 2 heterocycles. The van der Waals surface area contributed by atoms with Gasteiger partial charge in [0.25, 0.3) is 0 Å². The SMILES string of the molecule is C=C(Br)/C=C(\C(=C)n1ccc(C=O)n1)c1oc(C)nc1-c1ccc(OC(F)(F)F)cc1. The lowest BCUT2D eigenvalue weighted by Gasteiger charge is -2.11. The fourth-order valence-electron chi connectivity index (χ4n) is 2.73. The van der Waals surface area contributed by atoms with Crippen molar-refractivity contribution < 1.29 is 27.1 Å². The molecule has 0 bridgehead atoms. The summed E-state index contributed by atoms with van der Waals surface area (Å²) >= 11 is 3.27. The molecule has 0 saturated carbocycles. The molecule has 6 nitrogen and oxygen atoms in total. The lowest BCUT2D eigenvalue weighted by atomic mass is 10.0. The van der Waals surface area contributed by atoms with Crippen molar-refractivity contribution >= 4 is 33.5 Å². The topological polar surface area (TPSA) is 70.2 Å². The number of oxazole rings is 1. The summed E-state index contributed by atoms with van der Waals surface area (Å²) in [5, 5.41) is 4.12. The Balaban J connectivity index is 2.05. The van der Waals surface area contributed by atoms with Gasteiger partial charge in [-0.15, -0.1) is 13.2 Å². The minimum absolute atomic E-state index is 0.215. The zero-order valence-electron chi connectivity index (χ0n) is 16.1. The number of carbonyl (C=O) groups is 1. The van der Waals surface area contributed by atoms with Gasteiger partial charge in [0, 0.05) is 28.7 Å². The van der Waals surface area contributed by atoms with Gasteiger partial charge < -0.3 is 9.15 Å². The van der Waals surface area contributed by atoms with E-state index in [1.807, 2.05) is 0 Å². The van der Waals surface area contributed by atoms with E-state index in [0.717, 1.165) is 0 Å². The molecular formula is C21H15BrF3N3O3. The number of hydrogen-bond donors (Lipinski definition) is 0. The van der Waals surface area contributed by atoms with Gasteiger partial charge in [0.2, 0.25) is 0 Å². The first-order chi connectivity index (χ1) is 14.6. The molecule has 0 aliphatic heterocycles. The van der Waals surface area contributed by atoms with Gasteiger partial charge in [0.15, 0.2) is 17.9 Å². The summed E-state index contributed by atoms with van der Waals surface area (Å²) in [5.74, 6) is 0.272. The van der Waals surface area contributed by atoms with Crippen molar-refractivity contribution in [3.63, 3.8) is 0 Å². The molecule has 0 fully saturated rings. The molecule has 0 N–H and O–H groups in total. The minimum atomic E-state index is -4.79. The van der Waals surface area contributed by atoms with Crippen LogP contribution in [0.25, 0.3) is 22.5 Å². The van der Waals surface area contributed by atoms with Crippen molar-refractivity contribution in [1.82, 2.24) is 14.8 Å². The molecule has 0 unspecified atom stereocenters. The Hall–Kier alpha value is -3.40. The highest BCUT2D eigenvalue weighted by Crippen LogP contribution is 2.36. The van der Waals surface area contributed by atoms with E-state index in [1.165, 1.54) is 35.0 Å². The number of allylic oxidation sites excluding steroid dienone is 4. The highest BCUT2D eigenvalue weighted by atomic mass is 79.9. The average Bonchev–Trinajstić information content (AvgIpc) is 3.31. The standard InChI is InChI=1S/C21H15BrF3N3O3/c1-12(22)10-18(13(2)28-9-8-16(11-29)27-28)20-19(26-14(3)30-20)15-4-6-17(7-5-15)31-21(23,24)25/h4-11H,1-2H2,3H3/b18-10+. The lowest BCUT2D eigenvalue weighted by Crippen LogP contribution is -2.16. The molecule has 2 aromatic heterocycles. The molecule has 31 heavy (non-hydrogen) atoms. The maximum Gasteiger partial charge on any atom is 0.573 e. The second-order valence-corrected chi connectivity index (χ2v) is 7.26. The van der Waals surface area contributed by atoms with Gasteiger partial charge in [-0.1, -0.05) is 29.1 Å². The summed E-state index contributed by atoms with van der Waals surface area (Å²) < 4.78 is 48.9. The van der Waals surface area contributed by atoms with E-state index >= 15 is 0 Å². The molecule has 160 valence electrons. The first-order valence-corrected chi connectivity index (χ1v) is 9.47. The molecule has 0 saturated heterocycles. The second-order valence-electron chi connectivity index (χ2n) is 6.24. The second kappa shape index (κ2) is 8.76. The largest absolute Gasteiger partial charge is 0.573 e. The van der Waals surface area contributed by atoms with Crippen molar-refractivity contribution in [2.24, 2.45) is 0 Å². The van der Waals surface area contributed by atoms with Crippen LogP contribution in [0.3, 0.4) is 0 Å². The van der Waals surface area contributed by atoms with Crippen LogP contribution >= 0.6 is 15.9 Å². The number of nitrogens with zero attached hydrogens (tertiary/aromatic N) is 3. The third kappa shape index (κ3) is 5.40.